The predicted octanol–water partition coefficient (Wildman–Crippen LogP) is 4.32. The van der Waals surface area contributed by atoms with Crippen LogP contribution in [0.25, 0.3) is 0 Å². The van der Waals surface area contributed by atoms with E-state index in [4.69, 9.17) is 9.47 Å². The molecule has 3 aromatic carbocycles. The number of hydrogen-bond acceptors (Lipinski definition) is 5. The van der Waals surface area contributed by atoms with Crippen LogP contribution < -0.4 is 15.0 Å². The number of nitrogens with one attached hydrogen (secondary N) is 1. The van der Waals surface area contributed by atoms with Crippen molar-refractivity contribution < 1.29 is 23.9 Å². The number of para-hydroxylation sites is 2. The van der Waals surface area contributed by atoms with Crippen LogP contribution >= 0.6 is 0 Å². The summed E-state index contributed by atoms with van der Waals surface area (Å²) in [5, 5.41) is 2.63. The summed E-state index contributed by atoms with van der Waals surface area (Å²) in [6.07, 6.45) is -0.187. The number of ether oxygens (including phenoxy) is 2. The lowest BCUT2D eigenvalue weighted by Crippen LogP contribution is -2.27. The van der Waals surface area contributed by atoms with Gasteiger partial charge in [0, 0.05) is 23.5 Å². The molecule has 0 aromatic heterocycles. The first-order valence-electron chi connectivity index (χ1n) is 10.1. The highest BCUT2D eigenvalue weighted by molar-refractivity contribution is 6.01. The van der Waals surface area contributed by atoms with Crippen molar-refractivity contribution in [1.82, 2.24) is 0 Å². The van der Waals surface area contributed by atoms with Gasteiger partial charge in [-0.25, -0.2) is 0 Å². The molecule has 7 nitrogen and oxygen atoms in total. The van der Waals surface area contributed by atoms with Gasteiger partial charge in [0.05, 0.1) is 13.5 Å². The van der Waals surface area contributed by atoms with Crippen LogP contribution in [-0.4, -0.2) is 31.5 Å². The number of rotatable bonds is 9. The third-order valence-corrected chi connectivity index (χ3v) is 4.56. The molecule has 0 aliphatic carbocycles. The standard InChI is InChI=1S/C25H24N2O5/c1-31-22-14-12-19(13-15-22)26-23(28)18-32-25(30)17-16-24(29)27(20-8-4-2-5-9-20)21-10-6-3-7-11-21/h2-15H,16-18H2,1H3,(H,26,28). The van der Waals surface area contributed by atoms with Crippen LogP contribution in [0.15, 0.2) is 84.9 Å². The van der Waals surface area contributed by atoms with E-state index in [-0.39, 0.29) is 18.7 Å². The van der Waals surface area contributed by atoms with E-state index in [2.05, 4.69) is 5.32 Å². The van der Waals surface area contributed by atoms with Gasteiger partial charge in [0.25, 0.3) is 5.91 Å². The SMILES string of the molecule is COc1ccc(NC(=O)COC(=O)CCC(=O)N(c2ccccc2)c2ccccc2)cc1. The quantitative estimate of drug-likeness (QED) is 0.509. The average molecular weight is 432 g/mol. The third kappa shape index (κ3) is 6.43. The molecule has 2 amide bonds. The second-order valence-electron chi connectivity index (χ2n) is 6.84. The van der Waals surface area contributed by atoms with Crippen molar-refractivity contribution in [2.75, 3.05) is 23.9 Å². The highest BCUT2D eigenvalue weighted by atomic mass is 16.5. The van der Waals surface area contributed by atoms with Crippen molar-refractivity contribution in [3.05, 3.63) is 84.9 Å². The second-order valence-corrected chi connectivity index (χ2v) is 6.84. The van der Waals surface area contributed by atoms with Gasteiger partial charge in [0.15, 0.2) is 6.61 Å². The largest absolute Gasteiger partial charge is 0.497 e. The first-order chi connectivity index (χ1) is 15.6. The summed E-state index contributed by atoms with van der Waals surface area (Å²) in [6.45, 7) is -0.430. The van der Waals surface area contributed by atoms with E-state index in [0.717, 1.165) is 0 Å². The fourth-order valence-electron chi connectivity index (χ4n) is 3.00. The topological polar surface area (TPSA) is 84.9 Å². The lowest BCUT2D eigenvalue weighted by molar-refractivity contribution is -0.148. The molecule has 0 bridgehead atoms. The van der Waals surface area contributed by atoms with E-state index in [1.807, 2.05) is 60.7 Å². The molecule has 32 heavy (non-hydrogen) atoms. The Labute approximate surface area is 186 Å². The lowest BCUT2D eigenvalue weighted by Gasteiger charge is -2.23. The van der Waals surface area contributed by atoms with Crippen LogP contribution in [0.1, 0.15) is 12.8 Å². The van der Waals surface area contributed by atoms with E-state index in [0.29, 0.717) is 22.8 Å². The number of esters is 1. The zero-order valence-electron chi connectivity index (χ0n) is 17.7. The number of carbonyl (C=O) groups is 3. The number of carbonyl (C=O) groups excluding carboxylic acids is 3. The van der Waals surface area contributed by atoms with Crippen molar-refractivity contribution in [3.8, 4) is 5.75 Å². The number of hydrogen-bond donors (Lipinski definition) is 1. The van der Waals surface area contributed by atoms with Crippen LogP contribution in [-0.2, 0) is 19.1 Å². The van der Waals surface area contributed by atoms with Crippen LogP contribution in [0.4, 0.5) is 17.1 Å². The minimum absolute atomic E-state index is 0.0529. The Morgan fingerprint density at radius 2 is 1.34 bits per heavy atom. The minimum atomic E-state index is -0.621. The van der Waals surface area contributed by atoms with E-state index >= 15 is 0 Å². The van der Waals surface area contributed by atoms with Crippen molar-refractivity contribution in [3.63, 3.8) is 0 Å². The Balaban J connectivity index is 1.51. The second kappa shape index (κ2) is 11.3. The monoisotopic (exact) mass is 432 g/mol. The normalized spacial score (nSPS) is 10.2. The van der Waals surface area contributed by atoms with Gasteiger partial charge in [-0.05, 0) is 48.5 Å². The van der Waals surface area contributed by atoms with Crippen molar-refractivity contribution in [2.24, 2.45) is 0 Å². The fraction of sp³-hybridized carbons (Fsp3) is 0.160. The molecule has 0 saturated carbocycles. The number of anilines is 3. The first-order valence-corrected chi connectivity index (χ1v) is 10.1. The van der Waals surface area contributed by atoms with Gasteiger partial charge in [-0.15, -0.1) is 0 Å². The van der Waals surface area contributed by atoms with E-state index < -0.39 is 18.5 Å². The molecular formula is C25H24N2O5. The van der Waals surface area contributed by atoms with Gasteiger partial charge < -0.3 is 14.8 Å². The Kier molecular flexibility index (Phi) is 7.97. The molecule has 3 rings (SSSR count). The summed E-state index contributed by atoms with van der Waals surface area (Å²) in [5.41, 5.74) is 1.97. The summed E-state index contributed by atoms with van der Waals surface area (Å²) in [4.78, 5) is 38.6. The Morgan fingerprint density at radius 1 is 0.781 bits per heavy atom. The maximum absolute atomic E-state index is 12.9. The molecule has 0 spiro atoms. The Bertz CT molecular complexity index is 997. The first kappa shape index (κ1) is 22.6. The van der Waals surface area contributed by atoms with Crippen LogP contribution in [0.2, 0.25) is 0 Å². The molecule has 0 atom stereocenters. The van der Waals surface area contributed by atoms with Crippen LogP contribution in [0, 0.1) is 0 Å². The molecule has 0 aliphatic heterocycles. The molecule has 0 aliphatic rings. The van der Waals surface area contributed by atoms with Crippen molar-refractivity contribution >= 4 is 34.8 Å². The van der Waals surface area contributed by atoms with Crippen molar-refractivity contribution in [1.29, 1.82) is 0 Å². The summed E-state index contributed by atoms with van der Waals surface area (Å²) < 4.78 is 10.1. The Hall–Kier alpha value is -4.13. The molecule has 0 unspecified atom stereocenters. The summed E-state index contributed by atoms with van der Waals surface area (Å²) >= 11 is 0. The molecule has 1 N–H and O–H groups in total. The molecule has 0 radical (unpaired) electrons. The third-order valence-electron chi connectivity index (χ3n) is 4.56. The Morgan fingerprint density at radius 3 is 1.88 bits per heavy atom. The van der Waals surface area contributed by atoms with Gasteiger partial charge in [-0.3, -0.25) is 19.3 Å². The smallest absolute Gasteiger partial charge is 0.306 e. The highest BCUT2D eigenvalue weighted by Gasteiger charge is 2.19. The molecule has 0 heterocycles. The van der Waals surface area contributed by atoms with Gasteiger partial charge in [0.1, 0.15) is 5.75 Å². The van der Waals surface area contributed by atoms with Crippen LogP contribution in [0.3, 0.4) is 0 Å². The van der Waals surface area contributed by atoms with E-state index in [1.54, 1.807) is 36.3 Å². The van der Waals surface area contributed by atoms with E-state index in [1.165, 1.54) is 0 Å². The predicted molar refractivity (Wildman–Crippen MR) is 122 cm³/mol. The van der Waals surface area contributed by atoms with Gasteiger partial charge in [-0.2, -0.15) is 0 Å². The zero-order chi connectivity index (χ0) is 22.8. The van der Waals surface area contributed by atoms with E-state index in [9.17, 15) is 14.4 Å². The number of methoxy groups -OCH3 is 1. The molecular weight excluding hydrogens is 408 g/mol. The fourth-order valence-corrected chi connectivity index (χ4v) is 3.00. The highest BCUT2D eigenvalue weighted by Crippen LogP contribution is 2.26. The molecule has 3 aromatic rings. The summed E-state index contributed by atoms with van der Waals surface area (Å²) in [5.74, 6) is -0.671. The zero-order valence-corrected chi connectivity index (χ0v) is 17.7. The maximum atomic E-state index is 12.9. The molecule has 7 heteroatoms. The summed E-state index contributed by atoms with van der Waals surface area (Å²) in [6, 6.07) is 25.2. The minimum Gasteiger partial charge on any atom is -0.497 e. The average Bonchev–Trinajstić information content (AvgIpc) is 2.83. The summed E-state index contributed by atoms with van der Waals surface area (Å²) in [7, 11) is 1.55. The van der Waals surface area contributed by atoms with Crippen LogP contribution in [0.5, 0.6) is 5.75 Å². The number of amides is 2. The van der Waals surface area contributed by atoms with Crippen molar-refractivity contribution in [2.45, 2.75) is 12.8 Å². The number of nitrogens with zero attached hydrogens (tertiary/aromatic N) is 1. The lowest BCUT2D eigenvalue weighted by atomic mass is 10.2. The molecule has 0 fully saturated rings. The van der Waals surface area contributed by atoms with Gasteiger partial charge in [0.2, 0.25) is 5.91 Å². The van der Waals surface area contributed by atoms with Gasteiger partial charge in [-0.1, -0.05) is 36.4 Å². The number of benzene rings is 3. The molecule has 0 saturated heterocycles. The van der Waals surface area contributed by atoms with Gasteiger partial charge >= 0.3 is 5.97 Å². The maximum Gasteiger partial charge on any atom is 0.306 e. The molecule has 164 valence electrons.